The van der Waals surface area contributed by atoms with Crippen molar-refractivity contribution in [1.29, 1.82) is 0 Å². The van der Waals surface area contributed by atoms with E-state index in [0.717, 1.165) is 25.2 Å². The van der Waals surface area contributed by atoms with Crippen LogP contribution < -0.4 is 15.0 Å². The molecule has 1 saturated heterocycles. The number of carbonyl (C=O) groups is 1. The van der Waals surface area contributed by atoms with Gasteiger partial charge in [-0.15, -0.1) is 0 Å². The van der Waals surface area contributed by atoms with Crippen LogP contribution >= 0.6 is 0 Å². The summed E-state index contributed by atoms with van der Waals surface area (Å²) in [6.45, 7) is 5.66. The second kappa shape index (κ2) is 9.07. The van der Waals surface area contributed by atoms with Crippen LogP contribution in [0.1, 0.15) is 18.5 Å². The molecule has 0 bridgehead atoms. The molecule has 8 nitrogen and oxygen atoms in total. The zero-order chi connectivity index (χ0) is 22.8. The Kier molecular flexibility index (Phi) is 5.83. The molecule has 2 aliphatic rings. The molecule has 3 heterocycles. The third kappa shape index (κ3) is 4.47. The minimum Gasteiger partial charge on any atom is -0.454 e. The third-order valence-electron chi connectivity index (χ3n) is 6.15. The molecule has 3 aromatic rings. The van der Waals surface area contributed by atoms with Crippen LogP contribution in [0.15, 0.2) is 65.5 Å². The summed E-state index contributed by atoms with van der Waals surface area (Å²) in [6, 6.07) is 18.3. The van der Waals surface area contributed by atoms with Gasteiger partial charge < -0.3 is 14.4 Å². The van der Waals surface area contributed by atoms with E-state index in [9.17, 15) is 9.59 Å². The molecule has 170 valence electrons. The van der Waals surface area contributed by atoms with Crippen molar-refractivity contribution < 1.29 is 14.3 Å². The summed E-state index contributed by atoms with van der Waals surface area (Å²) in [7, 11) is 0. The molecular formula is C25H26N4O4. The average molecular weight is 447 g/mol. The normalized spacial score (nSPS) is 16.6. The Bertz CT molecular complexity index is 1200. The Morgan fingerprint density at radius 1 is 0.970 bits per heavy atom. The third-order valence-corrected chi connectivity index (χ3v) is 6.15. The van der Waals surface area contributed by atoms with Crippen molar-refractivity contribution in [2.45, 2.75) is 19.5 Å². The molecule has 0 saturated carbocycles. The Hall–Kier alpha value is -3.65. The number of ether oxygens (including phenoxy) is 2. The number of nitrogens with zero attached hydrogens (tertiary/aromatic N) is 4. The maximum atomic E-state index is 13.2. The Labute approximate surface area is 192 Å². The van der Waals surface area contributed by atoms with Gasteiger partial charge in [-0.2, -0.15) is 5.10 Å². The first kappa shape index (κ1) is 21.2. The molecule has 1 aromatic heterocycles. The quantitative estimate of drug-likeness (QED) is 0.600. The fourth-order valence-corrected chi connectivity index (χ4v) is 4.25. The molecule has 0 spiro atoms. The number of amides is 1. The summed E-state index contributed by atoms with van der Waals surface area (Å²) in [6.07, 6.45) is 0. The number of fused-ring (bicyclic) bond motifs is 1. The van der Waals surface area contributed by atoms with Crippen LogP contribution in [0.25, 0.3) is 11.3 Å². The van der Waals surface area contributed by atoms with E-state index in [2.05, 4.69) is 22.1 Å². The summed E-state index contributed by atoms with van der Waals surface area (Å²) in [5, 5.41) is 4.50. The Balaban J connectivity index is 1.27. The molecule has 2 aliphatic heterocycles. The van der Waals surface area contributed by atoms with Crippen molar-refractivity contribution in [3.63, 3.8) is 0 Å². The van der Waals surface area contributed by atoms with E-state index in [1.807, 2.05) is 41.3 Å². The number of benzene rings is 2. The van der Waals surface area contributed by atoms with E-state index in [1.165, 1.54) is 16.3 Å². The van der Waals surface area contributed by atoms with Crippen LogP contribution in [0.4, 0.5) is 0 Å². The molecule has 1 unspecified atom stereocenters. The number of rotatable bonds is 5. The molecular weight excluding hydrogens is 420 g/mol. The predicted octanol–water partition coefficient (Wildman–Crippen LogP) is 2.54. The second-order valence-electron chi connectivity index (χ2n) is 8.33. The lowest BCUT2D eigenvalue weighted by atomic mass is 10.1. The van der Waals surface area contributed by atoms with E-state index in [1.54, 1.807) is 13.0 Å². The average Bonchev–Trinajstić information content (AvgIpc) is 3.33. The monoisotopic (exact) mass is 446 g/mol. The highest BCUT2D eigenvalue weighted by atomic mass is 16.7. The van der Waals surface area contributed by atoms with Gasteiger partial charge in [-0.3, -0.25) is 14.5 Å². The van der Waals surface area contributed by atoms with Gasteiger partial charge >= 0.3 is 0 Å². The molecule has 1 atom stereocenters. The van der Waals surface area contributed by atoms with Gasteiger partial charge in [-0.25, -0.2) is 4.68 Å². The highest BCUT2D eigenvalue weighted by Crippen LogP contribution is 2.35. The minimum atomic E-state index is -0.688. The molecule has 2 aromatic carbocycles. The fourth-order valence-electron chi connectivity index (χ4n) is 4.25. The van der Waals surface area contributed by atoms with Crippen LogP contribution in [-0.4, -0.2) is 58.5 Å². The maximum Gasteiger partial charge on any atom is 0.267 e. The molecule has 8 heteroatoms. The summed E-state index contributed by atoms with van der Waals surface area (Å²) in [5.41, 5.74) is 2.35. The predicted molar refractivity (Wildman–Crippen MR) is 123 cm³/mol. The van der Waals surface area contributed by atoms with Crippen molar-refractivity contribution in [3.05, 3.63) is 76.6 Å². The number of piperazine rings is 1. The van der Waals surface area contributed by atoms with Crippen LogP contribution in [0.3, 0.4) is 0 Å². The van der Waals surface area contributed by atoms with Crippen molar-refractivity contribution >= 4 is 5.91 Å². The molecule has 0 radical (unpaired) electrons. The molecule has 1 fully saturated rings. The fraction of sp³-hybridized carbons (Fsp3) is 0.320. The van der Waals surface area contributed by atoms with E-state index in [0.29, 0.717) is 30.3 Å². The zero-order valence-electron chi connectivity index (χ0n) is 18.5. The Morgan fingerprint density at radius 3 is 2.52 bits per heavy atom. The summed E-state index contributed by atoms with van der Waals surface area (Å²) in [5.74, 6) is 1.23. The van der Waals surface area contributed by atoms with Crippen LogP contribution in [0.5, 0.6) is 11.5 Å². The van der Waals surface area contributed by atoms with Crippen molar-refractivity contribution in [2.24, 2.45) is 0 Å². The van der Waals surface area contributed by atoms with Crippen molar-refractivity contribution in [3.8, 4) is 22.8 Å². The lowest BCUT2D eigenvalue weighted by Crippen LogP contribution is -2.50. The standard InChI is InChI=1S/C25H26N4O4/c1-18(25(31)28-13-11-27(12-14-28)16-19-5-3-2-4-6-19)29-24(30)10-8-21(26-29)20-7-9-22-23(15-20)33-17-32-22/h2-10,15,18H,11-14,16-17H2,1H3. The second-order valence-corrected chi connectivity index (χ2v) is 8.33. The molecule has 0 N–H and O–H groups in total. The van der Waals surface area contributed by atoms with Crippen molar-refractivity contribution in [1.82, 2.24) is 19.6 Å². The largest absolute Gasteiger partial charge is 0.454 e. The Morgan fingerprint density at radius 2 is 1.73 bits per heavy atom. The SMILES string of the molecule is CC(C(=O)N1CCN(Cc2ccccc2)CC1)n1nc(-c2ccc3c(c2)OCO3)ccc1=O. The lowest BCUT2D eigenvalue weighted by molar-refractivity contribution is -0.136. The molecule has 5 rings (SSSR count). The summed E-state index contributed by atoms with van der Waals surface area (Å²) in [4.78, 5) is 29.9. The van der Waals surface area contributed by atoms with Gasteiger partial charge in [-0.05, 0) is 36.8 Å². The smallest absolute Gasteiger partial charge is 0.267 e. The van der Waals surface area contributed by atoms with Gasteiger partial charge in [0, 0.05) is 44.4 Å². The lowest BCUT2D eigenvalue weighted by Gasteiger charge is -2.36. The van der Waals surface area contributed by atoms with Gasteiger partial charge in [0.05, 0.1) is 5.69 Å². The van der Waals surface area contributed by atoms with E-state index in [4.69, 9.17) is 9.47 Å². The number of hydrogen-bond acceptors (Lipinski definition) is 6. The summed E-state index contributed by atoms with van der Waals surface area (Å²) >= 11 is 0. The van der Waals surface area contributed by atoms with Gasteiger partial charge in [0.1, 0.15) is 6.04 Å². The molecule has 1 amide bonds. The molecule has 33 heavy (non-hydrogen) atoms. The van der Waals surface area contributed by atoms with Gasteiger partial charge in [0.25, 0.3) is 5.56 Å². The minimum absolute atomic E-state index is 0.0909. The first-order chi connectivity index (χ1) is 16.1. The number of hydrogen-bond donors (Lipinski definition) is 0. The van der Waals surface area contributed by atoms with E-state index in [-0.39, 0.29) is 18.3 Å². The van der Waals surface area contributed by atoms with Gasteiger partial charge in [0.15, 0.2) is 11.5 Å². The van der Waals surface area contributed by atoms with Crippen LogP contribution in [0.2, 0.25) is 0 Å². The first-order valence-corrected chi connectivity index (χ1v) is 11.1. The highest BCUT2D eigenvalue weighted by Gasteiger charge is 2.27. The number of carbonyl (C=O) groups excluding carboxylic acids is 1. The zero-order valence-corrected chi connectivity index (χ0v) is 18.5. The highest BCUT2D eigenvalue weighted by molar-refractivity contribution is 5.80. The van der Waals surface area contributed by atoms with Crippen molar-refractivity contribution in [2.75, 3.05) is 33.0 Å². The first-order valence-electron chi connectivity index (χ1n) is 11.1. The maximum absolute atomic E-state index is 13.2. The molecule has 0 aliphatic carbocycles. The van der Waals surface area contributed by atoms with Gasteiger partial charge in [0.2, 0.25) is 12.7 Å². The van der Waals surface area contributed by atoms with Crippen LogP contribution in [-0.2, 0) is 11.3 Å². The van der Waals surface area contributed by atoms with Gasteiger partial charge in [-0.1, -0.05) is 30.3 Å². The van der Waals surface area contributed by atoms with E-state index >= 15 is 0 Å². The van der Waals surface area contributed by atoms with Crippen LogP contribution in [0, 0.1) is 0 Å². The number of aromatic nitrogens is 2. The topological polar surface area (TPSA) is 76.9 Å². The summed E-state index contributed by atoms with van der Waals surface area (Å²) < 4.78 is 12.1. The van der Waals surface area contributed by atoms with E-state index < -0.39 is 6.04 Å².